The maximum absolute atomic E-state index is 12.2. The molecule has 2 fully saturated rings. The van der Waals surface area contributed by atoms with E-state index in [9.17, 15) is 4.79 Å². The first-order valence-electron chi connectivity index (χ1n) is 10.3. The van der Waals surface area contributed by atoms with Crippen molar-refractivity contribution in [2.24, 2.45) is 0 Å². The highest BCUT2D eigenvalue weighted by Gasteiger charge is 2.49. The molecule has 2 aliphatic heterocycles. The fourth-order valence-corrected chi connectivity index (χ4v) is 4.95. The third kappa shape index (κ3) is 2.87. The standard InChI is InChI=1S/C22H26N4O2/c1-15-17-9-5-6-10-18(17)24-21(23-15)26-12-11-22(16-7-3-2-4-8-16)19(13-26)28-14-20(27)25-22/h2-4,7-8,19H,5-6,9-14H2,1H3,(H,25,27)/t19-,22+/m1/s1. The number of piperidine rings is 1. The van der Waals surface area contributed by atoms with Crippen molar-refractivity contribution in [3.05, 3.63) is 52.8 Å². The van der Waals surface area contributed by atoms with E-state index in [0.717, 1.165) is 43.0 Å². The van der Waals surface area contributed by atoms with E-state index in [1.54, 1.807) is 0 Å². The Morgan fingerprint density at radius 2 is 2.00 bits per heavy atom. The first kappa shape index (κ1) is 17.6. The summed E-state index contributed by atoms with van der Waals surface area (Å²) in [5.74, 6) is 0.759. The number of hydrogen-bond donors (Lipinski definition) is 1. The third-order valence-electron chi connectivity index (χ3n) is 6.44. The summed E-state index contributed by atoms with van der Waals surface area (Å²) in [6, 6.07) is 10.2. The molecule has 2 saturated heterocycles. The van der Waals surface area contributed by atoms with Gasteiger partial charge in [0.2, 0.25) is 11.9 Å². The molecule has 0 bridgehead atoms. The van der Waals surface area contributed by atoms with E-state index < -0.39 is 5.54 Å². The molecule has 2 atom stereocenters. The molecule has 5 rings (SSSR count). The Balaban J connectivity index is 1.46. The molecular weight excluding hydrogens is 352 g/mol. The van der Waals surface area contributed by atoms with Crippen LogP contribution >= 0.6 is 0 Å². The molecule has 0 radical (unpaired) electrons. The van der Waals surface area contributed by atoms with E-state index in [2.05, 4.69) is 29.3 Å². The van der Waals surface area contributed by atoms with Crippen LogP contribution in [0.15, 0.2) is 30.3 Å². The van der Waals surface area contributed by atoms with Gasteiger partial charge < -0.3 is 15.0 Å². The molecule has 1 amide bonds. The van der Waals surface area contributed by atoms with Crippen LogP contribution in [-0.4, -0.2) is 41.7 Å². The fourth-order valence-electron chi connectivity index (χ4n) is 4.95. The van der Waals surface area contributed by atoms with Crippen LogP contribution < -0.4 is 10.2 Å². The minimum absolute atomic E-state index is 0.0468. The number of benzene rings is 1. The lowest BCUT2D eigenvalue weighted by molar-refractivity contribution is -0.146. The van der Waals surface area contributed by atoms with Gasteiger partial charge in [0.25, 0.3) is 0 Å². The van der Waals surface area contributed by atoms with Crippen LogP contribution in [0, 0.1) is 6.92 Å². The van der Waals surface area contributed by atoms with Gasteiger partial charge in [0.15, 0.2) is 0 Å². The van der Waals surface area contributed by atoms with Crippen molar-refractivity contribution in [2.45, 2.75) is 50.7 Å². The van der Waals surface area contributed by atoms with Gasteiger partial charge in [0.1, 0.15) is 12.7 Å². The predicted octanol–water partition coefficient (Wildman–Crippen LogP) is 2.28. The number of amides is 1. The second-order valence-electron chi connectivity index (χ2n) is 8.12. The van der Waals surface area contributed by atoms with E-state index in [1.165, 1.54) is 24.1 Å². The zero-order chi connectivity index (χ0) is 19.1. The second kappa shape index (κ2) is 6.85. The number of aromatic nitrogens is 2. The van der Waals surface area contributed by atoms with Gasteiger partial charge in [-0.2, -0.15) is 0 Å². The minimum atomic E-state index is -0.476. The van der Waals surface area contributed by atoms with E-state index in [4.69, 9.17) is 14.7 Å². The van der Waals surface area contributed by atoms with Gasteiger partial charge in [-0.1, -0.05) is 30.3 Å². The normalized spacial score (nSPS) is 27.0. The van der Waals surface area contributed by atoms with Gasteiger partial charge in [-0.25, -0.2) is 9.97 Å². The van der Waals surface area contributed by atoms with Gasteiger partial charge in [-0.05, 0) is 50.2 Å². The van der Waals surface area contributed by atoms with Crippen molar-refractivity contribution in [1.82, 2.24) is 15.3 Å². The summed E-state index contributed by atoms with van der Waals surface area (Å²) in [5.41, 5.74) is 4.29. The molecule has 3 heterocycles. The van der Waals surface area contributed by atoms with Gasteiger partial charge in [0, 0.05) is 24.5 Å². The first-order chi connectivity index (χ1) is 13.7. The number of carbonyl (C=O) groups is 1. The Kier molecular flexibility index (Phi) is 4.31. The van der Waals surface area contributed by atoms with Gasteiger partial charge in [0.05, 0.1) is 5.54 Å². The Morgan fingerprint density at radius 1 is 1.18 bits per heavy atom. The molecule has 1 aromatic heterocycles. The van der Waals surface area contributed by atoms with Crippen molar-refractivity contribution in [1.29, 1.82) is 0 Å². The number of anilines is 1. The van der Waals surface area contributed by atoms with Crippen molar-refractivity contribution < 1.29 is 9.53 Å². The summed E-state index contributed by atoms with van der Waals surface area (Å²) in [5, 5.41) is 3.25. The molecule has 2 aromatic rings. The lowest BCUT2D eigenvalue weighted by Crippen LogP contribution is -2.66. The second-order valence-corrected chi connectivity index (χ2v) is 8.12. The van der Waals surface area contributed by atoms with E-state index >= 15 is 0 Å². The maximum atomic E-state index is 12.2. The number of rotatable bonds is 2. The van der Waals surface area contributed by atoms with E-state index in [0.29, 0.717) is 6.54 Å². The Bertz CT molecular complexity index is 901. The zero-order valence-electron chi connectivity index (χ0n) is 16.3. The average Bonchev–Trinajstić information content (AvgIpc) is 2.74. The van der Waals surface area contributed by atoms with Crippen LogP contribution in [0.2, 0.25) is 0 Å². The Hall–Kier alpha value is -2.47. The molecule has 1 aliphatic carbocycles. The maximum Gasteiger partial charge on any atom is 0.246 e. The number of hydrogen-bond acceptors (Lipinski definition) is 5. The number of aryl methyl sites for hydroxylation is 2. The molecule has 6 heteroatoms. The van der Waals surface area contributed by atoms with Crippen LogP contribution in [0.5, 0.6) is 0 Å². The highest BCUT2D eigenvalue weighted by Crippen LogP contribution is 2.38. The van der Waals surface area contributed by atoms with Crippen molar-refractivity contribution >= 4 is 11.9 Å². The van der Waals surface area contributed by atoms with Crippen LogP contribution in [0.25, 0.3) is 0 Å². The lowest BCUT2D eigenvalue weighted by Gasteiger charge is -2.50. The molecule has 28 heavy (non-hydrogen) atoms. The molecule has 1 aromatic carbocycles. The number of morpholine rings is 1. The molecule has 0 unspecified atom stereocenters. The summed E-state index contributed by atoms with van der Waals surface area (Å²) >= 11 is 0. The number of nitrogens with one attached hydrogen (secondary N) is 1. The first-order valence-corrected chi connectivity index (χ1v) is 10.3. The van der Waals surface area contributed by atoms with E-state index in [-0.39, 0.29) is 18.6 Å². The minimum Gasteiger partial charge on any atom is -0.364 e. The van der Waals surface area contributed by atoms with Crippen LogP contribution in [0.3, 0.4) is 0 Å². The van der Waals surface area contributed by atoms with Gasteiger partial charge >= 0.3 is 0 Å². The van der Waals surface area contributed by atoms with Gasteiger partial charge in [-0.15, -0.1) is 0 Å². The number of carbonyl (C=O) groups excluding carboxylic acids is 1. The summed E-state index contributed by atoms with van der Waals surface area (Å²) in [6.45, 7) is 3.67. The quantitative estimate of drug-likeness (QED) is 0.868. The van der Waals surface area contributed by atoms with Gasteiger partial charge in [-0.3, -0.25) is 4.79 Å². The molecule has 0 saturated carbocycles. The van der Waals surface area contributed by atoms with Crippen LogP contribution in [-0.2, 0) is 27.9 Å². The molecule has 6 nitrogen and oxygen atoms in total. The summed E-state index contributed by atoms with van der Waals surface area (Å²) in [4.78, 5) is 24.2. The topological polar surface area (TPSA) is 67.4 Å². The monoisotopic (exact) mass is 378 g/mol. The molecule has 0 spiro atoms. The number of ether oxygens (including phenoxy) is 1. The smallest absolute Gasteiger partial charge is 0.246 e. The zero-order valence-corrected chi connectivity index (χ0v) is 16.3. The Labute approximate surface area is 165 Å². The SMILES string of the molecule is Cc1nc(N2CC[C@@]3(c4ccccc4)NC(=O)CO[C@@H]3C2)nc2c1CCCC2. The highest BCUT2D eigenvalue weighted by molar-refractivity contribution is 5.79. The molecule has 1 N–H and O–H groups in total. The summed E-state index contributed by atoms with van der Waals surface area (Å²) < 4.78 is 6.04. The summed E-state index contributed by atoms with van der Waals surface area (Å²) in [7, 11) is 0. The number of nitrogens with zero attached hydrogens (tertiary/aromatic N) is 3. The molecular formula is C22H26N4O2. The Morgan fingerprint density at radius 3 is 2.86 bits per heavy atom. The van der Waals surface area contributed by atoms with Crippen molar-refractivity contribution in [3.63, 3.8) is 0 Å². The van der Waals surface area contributed by atoms with Crippen LogP contribution in [0.4, 0.5) is 5.95 Å². The number of fused-ring (bicyclic) bond motifs is 2. The summed E-state index contributed by atoms with van der Waals surface area (Å²) in [6.07, 6.45) is 5.22. The lowest BCUT2D eigenvalue weighted by atomic mass is 9.77. The predicted molar refractivity (Wildman–Crippen MR) is 106 cm³/mol. The molecule has 146 valence electrons. The highest BCUT2D eigenvalue weighted by atomic mass is 16.5. The average molecular weight is 378 g/mol. The molecule has 3 aliphatic rings. The van der Waals surface area contributed by atoms with Crippen molar-refractivity contribution in [3.8, 4) is 0 Å². The van der Waals surface area contributed by atoms with E-state index in [1.807, 2.05) is 18.2 Å². The largest absolute Gasteiger partial charge is 0.364 e. The van der Waals surface area contributed by atoms with Crippen LogP contribution in [0.1, 0.15) is 41.8 Å². The van der Waals surface area contributed by atoms with Crippen molar-refractivity contribution in [2.75, 3.05) is 24.6 Å². The fraction of sp³-hybridized carbons (Fsp3) is 0.500. The third-order valence-corrected chi connectivity index (χ3v) is 6.44.